The summed E-state index contributed by atoms with van der Waals surface area (Å²) in [7, 11) is 0. The fourth-order valence-corrected chi connectivity index (χ4v) is 1.75. The van der Waals surface area contributed by atoms with Crippen molar-refractivity contribution >= 4 is 28.5 Å². The molecule has 0 saturated heterocycles. The first-order valence-corrected chi connectivity index (χ1v) is 5.33. The number of carbonyl (C=O) groups is 1. The molecule has 0 fully saturated rings. The molecule has 2 rings (SSSR count). The molecule has 0 aliphatic carbocycles. The second-order valence-corrected chi connectivity index (χ2v) is 4.06. The van der Waals surface area contributed by atoms with Gasteiger partial charge in [0.1, 0.15) is 0 Å². The van der Waals surface area contributed by atoms with Crippen molar-refractivity contribution in [3.05, 3.63) is 47.5 Å². The van der Waals surface area contributed by atoms with Crippen molar-refractivity contribution in [2.24, 2.45) is 0 Å². The number of benzene rings is 2. The average molecular weight is 242 g/mol. The van der Waals surface area contributed by atoms with Crippen LogP contribution in [0.2, 0.25) is 0 Å². The zero-order valence-corrected chi connectivity index (χ0v) is 9.68. The van der Waals surface area contributed by atoms with Crippen molar-refractivity contribution in [3.8, 4) is 0 Å². The van der Waals surface area contributed by atoms with Crippen LogP contribution in [0, 0.1) is 0 Å². The summed E-state index contributed by atoms with van der Waals surface area (Å²) in [5.74, 6) is -0.230. The summed E-state index contributed by atoms with van der Waals surface area (Å²) in [6.07, 6.45) is 0. The maximum Gasteiger partial charge on any atom is 0.195 e. The molecular weight excluding hydrogens is 228 g/mol. The van der Waals surface area contributed by atoms with Gasteiger partial charge in [-0.05, 0) is 36.4 Å². The van der Waals surface area contributed by atoms with Crippen molar-refractivity contribution in [1.82, 2.24) is 0 Å². The number of nitrogen functional groups attached to an aromatic ring is 4. The minimum absolute atomic E-state index is 0.230. The number of hydrogen-bond acceptors (Lipinski definition) is 5. The predicted octanol–water partition coefficient (Wildman–Crippen LogP) is 1.25. The number of nitrogens with two attached hydrogens (primary N) is 4. The Labute approximate surface area is 104 Å². The summed E-state index contributed by atoms with van der Waals surface area (Å²) >= 11 is 0. The van der Waals surface area contributed by atoms with Gasteiger partial charge in [-0.15, -0.1) is 0 Å². The maximum atomic E-state index is 12.3. The van der Waals surface area contributed by atoms with E-state index in [2.05, 4.69) is 0 Å². The lowest BCUT2D eigenvalue weighted by molar-refractivity contribution is 0.103. The summed E-state index contributed by atoms with van der Waals surface area (Å²) < 4.78 is 0. The Morgan fingerprint density at radius 2 is 1.39 bits per heavy atom. The van der Waals surface area contributed by atoms with Gasteiger partial charge in [0.05, 0.1) is 0 Å². The second-order valence-electron chi connectivity index (χ2n) is 4.06. The zero-order chi connectivity index (χ0) is 13.3. The van der Waals surface area contributed by atoms with E-state index >= 15 is 0 Å². The molecule has 0 saturated carbocycles. The molecule has 2 aromatic carbocycles. The molecule has 5 heteroatoms. The minimum atomic E-state index is -0.230. The lowest BCUT2D eigenvalue weighted by atomic mass is 10.0. The molecule has 0 aliphatic rings. The zero-order valence-electron chi connectivity index (χ0n) is 9.68. The first kappa shape index (κ1) is 11.8. The quantitative estimate of drug-likeness (QED) is 0.466. The Hall–Kier alpha value is -2.69. The Balaban J connectivity index is 2.47. The Morgan fingerprint density at radius 3 is 1.94 bits per heavy atom. The van der Waals surface area contributed by atoms with Crippen molar-refractivity contribution in [2.45, 2.75) is 0 Å². The molecule has 18 heavy (non-hydrogen) atoms. The fourth-order valence-electron chi connectivity index (χ4n) is 1.75. The number of rotatable bonds is 2. The molecule has 0 aliphatic heterocycles. The van der Waals surface area contributed by atoms with Crippen molar-refractivity contribution < 1.29 is 4.79 Å². The molecular formula is C13H14N4O. The van der Waals surface area contributed by atoms with Crippen molar-refractivity contribution in [3.63, 3.8) is 0 Å². The molecule has 0 spiro atoms. The van der Waals surface area contributed by atoms with Gasteiger partial charge in [-0.25, -0.2) is 0 Å². The number of hydrogen-bond donors (Lipinski definition) is 4. The standard InChI is InChI=1S/C13H14N4O/c14-8-1-2-11(12(17)6-8)13(18)7-3-9(15)5-10(16)4-7/h1-6H,14-17H2. The van der Waals surface area contributed by atoms with E-state index in [-0.39, 0.29) is 5.78 Å². The molecule has 92 valence electrons. The highest BCUT2D eigenvalue weighted by molar-refractivity contribution is 6.13. The van der Waals surface area contributed by atoms with Crippen LogP contribution in [0.1, 0.15) is 15.9 Å². The maximum absolute atomic E-state index is 12.3. The van der Waals surface area contributed by atoms with Gasteiger partial charge in [-0.1, -0.05) is 0 Å². The highest BCUT2D eigenvalue weighted by atomic mass is 16.1. The Bertz CT molecular complexity index is 602. The van der Waals surface area contributed by atoms with Gasteiger partial charge < -0.3 is 22.9 Å². The van der Waals surface area contributed by atoms with E-state index in [4.69, 9.17) is 22.9 Å². The van der Waals surface area contributed by atoms with Crippen LogP contribution < -0.4 is 22.9 Å². The van der Waals surface area contributed by atoms with Crippen LogP contribution in [0.5, 0.6) is 0 Å². The number of ketones is 1. The van der Waals surface area contributed by atoms with Crippen LogP contribution in [-0.2, 0) is 0 Å². The molecule has 8 N–H and O–H groups in total. The van der Waals surface area contributed by atoms with E-state index in [1.807, 2.05) is 0 Å². The first-order chi connectivity index (χ1) is 8.47. The van der Waals surface area contributed by atoms with Crippen LogP contribution in [0.25, 0.3) is 0 Å². The highest BCUT2D eigenvalue weighted by Crippen LogP contribution is 2.22. The van der Waals surface area contributed by atoms with Gasteiger partial charge in [0.2, 0.25) is 0 Å². The molecule has 0 atom stereocenters. The molecule has 0 amide bonds. The molecule has 2 aromatic rings. The van der Waals surface area contributed by atoms with Crippen LogP contribution in [0.4, 0.5) is 22.7 Å². The van der Waals surface area contributed by atoms with Gasteiger partial charge in [-0.3, -0.25) is 4.79 Å². The van der Waals surface area contributed by atoms with Crippen LogP contribution in [0.15, 0.2) is 36.4 Å². The smallest absolute Gasteiger partial charge is 0.195 e. The monoisotopic (exact) mass is 242 g/mol. The second kappa shape index (κ2) is 4.29. The van der Waals surface area contributed by atoms with E-state index in [9.17, 15) is 4.79 Å². The first-order valence-electron chi connectivity index (χ1n) is 5.33. The van der Waals surface area contributed by atoms with Gasteiger partial charge >= 0.3 is 0 Å². The number of carbonyl (C=O) groups excluding carboxylic acids is 1. The fraction of sp³-hybridized carbons (Fsp3) is 0. The topological polar surface area (TPSA) is 121 Å². The van der Waals surface area contributed by atoms with Crippen molar-refractivity contribution in [1.29, 1.82) is 0 Å². The lowest BCUT2D eigenvalue weighted by Crippen LogP contribution is -2.07. The lowest BCUT2D eigenvalue weighted by Gasteiger charge is -2.07. The third-order valence-corrected chi connectivity index (χ3v) is 2.56. The molecule has 0 aromatic heterocycles. The van der Waals surface area contributed by atoms with E-state index < -0.39 is 0 Å². The third kappa shape index (κ3) is 2.20. The SMILES string of the molecule is Nc1cc(N)cc(C(=O)c2ccc(N)cc2N)c1. The summed E-state index contributed by atoms with van der Waals surface area (Å²) in [5.41, 5.74) is 25.2. The molecule has 0 unspecified atom stereocenters. The largest absolute Gasteiger partial charge is 0.399 e. The van der Waals surface area contributed by atoms with Crippen LogP contribution in [-0.4, -0.2) is 5.78 Å². The van der Waals surface area contributed by atoms with Gasteiger partial charge in [0.15, 0.2) is 5.78 Å². The average Bonchev–Trinajstić information content (AvgIpc) is 2.26. The summed E-state index contributed by atoms with van der Waals surface area (Å²) in [4.78, 5) is 12.3. The summed E-state index contributed by atoms with van der Waals surface area (Å²) in [6, 6.07) is 9.47. The molecule has 0 bridgehead atoms. The van der Waals surface area contributed by atoms with Crippen molar-refractivity contribution in [2.75, 3.05) is 22.9 Å². The predicted molar refractivity (Wildman–Crippen MR) is 74.0 cm³/mol. The van der Waals surface area contributed by atoms with Crippen LogP contribution in [0.3, 0.4) is 0 Å². The highest BCUT2D eigenvalue weighted by Gasteiger charge is 2.13. The minimum Gasteiger partial charge on any atom is -0.399 e. The van der Waals surface area contributed by atoms with Crippen LogP contribution >= 0.6 is 0 Å². The van der Waals surface area contributed by atoms with Gasteiger partial charge in [0.25, 0.3) is 0 Å². The Morgan fingerprint density at radius 1 is 0.778 bits per heavy atom. The van der Waals surface area contributed by atoms with E-state index in [1.54, 1.807) is 36.4 Å². The van der Waals surface area contributed by atoms with Gasteiger partial charge in [0, 0.05) is 33.9 Å². The van der Waals surface area contributed by atoms with Gasteiger partial charge in [-0.2, -0.15) is 0 Å². The Kier molecular flexibility index (Phi) is 2.81. The summed E-state index contributed by atoms with van der Waals surface area (Å²) in [5, 5.41) is 0. The normalized spacial score (nSPS) is 10.2. The third-order valence-electron chi connectivity index (χ3n) is 2.56. The molecule has 5 nitrogen and oxygen atoms in total. The van der Waals surface area contributed by atoms with E-state index in [0.717, 1.165) is 0 Å². The number of anilines is 4. The van der Waals surface area contributed by atoms with E-state index in [0.29, 0.717) is 33.9 Å². The van der Waals surface area contributed by atoms with E-state index in [1.165, 1.54) is 0 Å². The molecule has 0 heterocycles. The summed E-state index contributed by atoms with van der Waals surface area (Å²) in [6.45, 7) is 0. The molecule has 0 radical (unpaired) electrons.